The maximum Gasteiger partial charge on any atom is 0.355 e. The quantitative estimate of drug-likeness (QED) is 0.837. The van der Waals surface area contributed by atoms with Gasteiger partial charge in [0.25, 0.3) is 0 Å². The Hall–Kier alpha value is -0.590. The van der Waals surface area contributed by atoms with Gasteiger partial charge in [-0.1, -0.05) is 0 Å². The average molecular weight is 258 g/mol. The number of rotatable bonds is 5. The van der Waals surface area contributed by atoms with E-state index in [0.29, 0.717) is 6.04 Å². The summed E-state index contributed by atoms with van der Waals surface area (Å²) in [7, 11) is 0. The second kappa shape index (κ2) is 5.65. The van der Waals surface area contributed by atoms with E-state index in [0.717, 1.165) is 18.0 Å². The number of carbonyl (C=O) groups is 1. The third kappa shape index (κ3) is 3.20. The van der Waals surface area contributed by atoms with Crippen LogP contribution in [0.3, 0.4) is 0 Å². The molecule has 16 heavy (non-hydrogen) atoms. The highest BCUT2D eigenvalue weighted by Gasteiger charge is 2.14. The van der Waals surface area contributed by atoms with Crippen LogP contribution in [0.5, 0.6) is 0 Å². The molecule has 1 saturated heterocycles. The van der Waals surface area contributed by atoms with Gasteiger partial charge in [-0.15, -0.1) is 11.3 Å². The van der Waals surface area contributed by atoms with Crippen LogP contribution >= 0.6 is 23.1 Å². The standard InChI is InChI=1S/C10H14N2O2S2/c13-10(14)8-6-16-9(12-8)1-3-11-7-2-4-15-5-7/h6-7,11H,1-5H2,(H,13,14)/t7-/m1/s1. The van der Waals surface area contributed by atoms with Gasteiger partial charge in [-0.2, -0.15) is 11.8 Å². The van der Waals surface area contributed by atoms with E-state index in [9.17, 15) is 4.79 Å². The Kier molecular flexibility index (Phi) is 4.20. The molecule has 1 aromatic heterocycles. The third-order valence-electron chi connectivity index (χ3n) is 2.47. The molecule has 0 saturated carbocycles. The number of thioether (sulfide) groups is 1. The van der Waals surface area contributed by atoms with Crippen LogP contribution in [-0.2, 0) is 6.42 Å². The van der Waals surface area contributed by atoms with Gasteiger partial charge in [-0.25, -0.2) is 9.78 Å². The lowest BCUT2D eigenvalue weighted by atomic mass is 10.2. The van der Waals surface area contributed by atoms with Crippen LogP contribution in [0.15, 0.2) is 5.38 Å². The van der Waals surface area contributed by atoms with E-state index >= 15 is 0 Å². The molecule has 1 atom stereocenters. The largest absolute Gasteiger partial charge is 0.476 e. The zero-order chi connectivity index (χ0) is 11.4. The summed E-state index contributed by atoms with van der Waals surface area (Å²) in [5.41, 5.74) is 0.163. The molecule has 2 rings (SSSR count). The van der Waals surface area contributed by atoms with Crippen LogP contribution < -0.4 is 5.32 Å². The van der Waals surface area contributed by atoms with Crippen molar-refractivity contribution in [3.8, 4) is 0 Å². The van der Waals surface area contributed by atoms with Crippen LogP contribution in [0, 0.1) is 0 Å². The normalized spacial score (nSPS) is 20.1. The Morgan fingerprint density at radius 3 is 3.19 bits per heavy atom. The summed E-state index contributed by atoms with van der Waals surface area (Å²) in [6.45, 7) is 0.887. The SMILES string of the molecule is O=C(O)c1csc(CCN[C@@H]2CCSC2)n1. The molecule has 4 nitrogen and oxygen atoms in total. The number of aromatic carboxylic acids is 1. The molecule has 0 unspecified atom stereocenters. The van der Waals surface area contributed by atoms with E-state index < -0.39 is 5.97 Å². The van der Waals surface area contributed by atoms with Crippen LogP contribution in [0.25, 0.3) is 0 Å². The molecule has 2 heterocycles. The highest BCUT2D eigenvalue weighted by Crippen LogP contribution is 2.17. The fourth-order valence-corrected chi connectivity index (χ4v) is 3.56. The van der Waals surface area contributed by atoms with E-state index in [1.165, 1.54) is 29.3 Å². The summed E-state index contributed by atoms with van der Waals surface area (Å²) in [5, 5.41) is 14.7. The van der Waals surface area contributed by atoms with Crippen LogP contribution in [-0.4, -0.2) is 40.2 Å². The molecule has 0 aliphatic carbocycles. The van der Waals surface area contributed by atoms with E-state index in [1.807, 2.05) is 11.8 Å². The van der Waals surface area contributed by atoms with Gasteiger partial charge < -0.3 is 10.4 Å². The van der Waals surface area contributed by atoms with Gasteiger partial charge in [0.1, 0.15) is 0 Å². The molecule has 1 aliphatic rings. The van der Waals surface area contributed by atoms with Crippen molar-refractivity contribution in [3.05, 3.63) is 16.1 Å². The molecule has 1 aliphatic heterocycles. The summed E-state index contributed by atoms with van der Waals surface area (Å²) >= 11 is 3.41. The number of thiazole rings is 1. The third-order valence-corrected chi connectivity index (χ3v) is 4.54. The predicted octanol–water partition coefficient (Wildman–Crippen LogP) is 1.48. The number of nitrogens with zero attached hydrogens (tertiary/aromatic N) is 1. The van der Waals surface area contributed by atoms with E-state index in [4.69, 9.17) is 5.11 Å². The molecule has 0 bridgehead atoms. The van der Waals surface area contributed by atoms with Crippen LogP contribution in [0.1, 0.15) is 21.9 Å². The summed E-state index contributed by atoms with van der Waals surface area (Å²) in [6, 6.07) is 0.629. The van der Waals surface area contributed by atoms with Crippen molar-refractivity contribution in [1.82, 2.24) is 10.3 Å². The number of hydrogen-bond donors (Lipinski definition) is 2. The van der Waals surface area contributed by atoms with Gasteiger partial charge in [-0.3, -0.25) is 0 Å². The van der Waals surface area contributed by atoms with Crippen molar-refractivity contribution < 1.29 is 9.90 Å². The average Bonchev–Trinajstić information content (AvgIpc) is 2.87. The minimum Gasteiger partial charge on any atom is -0.476 e. The predicted molar refractivity (Wildman–Crippen MR) is 66.5 cm³/mol. The summed E-state index contributed by atoms with van der Waals surface area (Å²) < 4.78 is 0. The molecule has 6 heteroatoms. The van der Waals surface area contributed by atoms with E-state index in [2.05, 4.69) is 10.3 Å². The second-order valence-corrected chi connectivity index (χ2v) is 5.79. The molecule has 2 N–H and O–H groups in total. The first-order valence-electron chi connectivity index (χ1n) is 5.24. The second-order valence-electron chi connectivity index (χ2n) is 3.70. The van der Waals surface area contributed by atoms with Crippen molar-refractivity contribution >= 4 is 29.1 Å². The van der Waals surface area contributed by atoms with Crippen LogP contribution in [0.2, 0.25) is 0 Å². The number of nitrogens with one attached hydrogen (secondary N) is 1. The number of hydrogen-bond acceptors (Lipinski definition) is 5. The maximum absolute atomic E-state index is 10.6. The Morgan fingerprint density at radius 1 is 1.69 bits per heavy atom. The number of carboxylic acids is 1. The Balaban J connectivity index is 1.74. The number of aromatic nitrogens is 1. The van der Waals surface area contributed by atoms with Crippen molar-refractivity contribution in [1.29, 1.82) is 0 Å². The molecule has 0 spiro atoms. The lowest BCUT2D eigenvalue weighted by molar-refractivity contribution is 0.0691. The van der Waals surface area contributed by atoms with Gasteiger partial charge in [-0.05, 0) is 12.2 Å². The molecule has 0 amide bonds. The van der Waals surface area contributed by atoms with Gasteiger partial charge in [0.15, 0.2) is 5.69 Å². The Labute approximate surface area is 102 Å². The fourth-order valence-electron chi connectivity index (χ4n) is 1.60. The topological polar surface area (TPSA) is 62.2 Å². The molecular weight excluding hydrogens is 244 g/mol. The van der Waals surface area contributed by atoms with Crippen molar-refractivity contribution in [2.24, 2.45) is 0 Å². The van der Waals surface area contributed by atoms with Gasteiger partial charge in [0.2, 0.25) is 0 Å². The zero-order valence-corrected chi connectivity index (χ0v) is 10.4. The molecule has 1 fully saturated rings. The minimum absolute atomic E-state index is 0.163. The highest BCUT2D eigenvalue weighted by molar-refractivity contribution is 7.99. The van der Waals surface area contributed by atoms with E-state index in [1.54, 1.807) is 5.38 Å². The molecule has 0 radical (unpaired) electrons. The summed E-state index contributed by atoms with van der Waals surface area (Å²) in [5.74, 6) is 1.50. The van der Waals surface area contributed by atoms with Gasteiger partial charge in [0, 0.05) is 30.1 Å². The van der Waals surface area contributed by atoms with Crippen molar-refractivity contribution in [3.63, 3.8) is 0 Å². The lowest BCUT2D eigenvalue weighted by Gasteiger charge is -2.09. The summed E-state index contributed by atoms with van der Waals surface area (Å²) in [4.78, 5) is 14.7. The molecule has 1 aromatic rings. The Morgan fingerprint density at radius 2 is 2.56 bits per heavy atom. The van der Waals surface area contributed by atoms with Gasteiger partial charge >= 0.3 is 5.97 Å². The first-order valence-corrected chi connectivity index (χ1v) is 7.28. The number of carboxylic acid groups (broad SMARTS) is 1. The van der Waals surface area contributed by atoms with Crippen molar-refractivity contribution in [2.75, 3.05) is 18.1 Å². The minimum atomic E-state index is -0.942. The highest BCUT2D eigenvalue weighted by atomic mass is 32.2. The fraction of sp³-hybridized carbons (Fsp3) is 0.600. The monoisotopic (exact) mass is 258 g/mol. The van der Waals surface area contributed by atoms with Crippen LogP contribution in [0.4, 0.5) is 0 Å². The molecular formula is C10H14N2O2S2. The zero-order valence-electron chi connectivity index (χ0n) is 8.81. The van der Waals surface area contributed by atoms with E-state index in [-0.39, 0.29) is 5.69 Å². The van der Waals surface area contributed by atoms with Crippen molar-refractivity contribution in [2.45, 2.75) is 18.9 Å². The smallest absolute Gasteiger partial charge is 0.355 e. The molecule has 0 aromatic carbocycles. The first kappa shape index (κ1) is 11.9. The maximum atomic E-state index is 10.6. The first-order chi connectivity index (χ1) is 7.75. The summed E-state index contributed by atoms with van der Waals surface area (Å²) in [6.07, 6.45) is 2.06. The molecule has 88 valence electrons. The lowest BCUT2D eigenvalue weighted by Crippen LogP contribution is -2.30. The Bertz CT molecular complexity index is 361. The van der Waals surface area contributed by atoms with Gasteiger partial charge in [0.05, 0.1) is 5.01 Å².